The maximum absolute atomic E-state index is 12.3. The van der Waals surface area contributed by atoms with E-state index in [1.54, 1.807) is 19.2 Å². The number of hydrogen-bond acceptors (Lipinski definition) is 4. The van der Waals surface area contributed by atoms with Gasteiger partial charge in [-0.25, -0.2) is 0 Å². The van der Waals surface area contributed by atoms with Gasteiger partial charge in [0.2, 0.25) is 5.91 Å². The van der Waals surface area contributed by atoms with Gasteiger partial charge in [-0.1, -0.05) is 23.2 Å². The van der Waals surface area contributed by atoms with E-state index in [4.69, 9.17) is 33.7 Å². The first-order valence-electron chi connectivity index (χ1n) is 6.74. The molecule has 21 heavy (non-hydrogen) atoms. The van der Waals surface area contributed by atoms with Gasteiger partial charge < -0.3 is 15.8 Å². The van der Waals surface area contributed by atoms with Gasteiger partial charge in [0.25, 0.3) is 0 Å². The van der Waals surface area contributed by atoms with Crippen molar-refractivity contribution in [2.24, 2.45) is 0 Å². The van der Waals surface area contributed by atoms with Crippen LogP contribution in [-0.2, 0) is 9.53 Å². The standard InChI is InChI=1S/C14H19Cl2N3O2/c1-8(19-4-3-10(7-19)21-2)14(20)18-13-11(15)5-9(17)6-12(13)16/h5-6,8,10H,3-4,7,17H2,1-2H3,(H,18,20). The maximum Gasteiger partial charge on any atom is 0.241 e. The number of carbonyl (C=O) groups is 1. The quantitative estimate of drug-likeness (QED) is 0.832. The first-order chi connectivity index (χ1) is 9.92. The number of methoxy groups -OCH3 is 1. The summed E-state index contributed by atoms with van der Waals surface area (Å²) < 4.78 is 5.31. The Balaban J connectivity index is 2.05. The minimum atomic E-state index is -0.283. The summed E-state index contributed by atoms with van der Waals surface area (Å²) in [6.07, 6.45) is 1.11. The fourth-order valence-electron chi connectivity index (χ4n) is 2.40. The number of amides is 1. The van der Waals surface area contributed by atoms with Crippen LogP contribution in [0.1, 0.15) is 13.3 Å². The molecule has 1 heterocycles. The number of nitrogen functional groups attached to an aromatic ring is 1. The number of benzene rings is 1. The topological polar surface area (TPSA) is 67.6 Å². The number of anilines is 2. The molecule has 2 rings (SSSR count). The molecule has 0 bridgehead atoms. The zero-order valence-corrected chi connectivity index (χ0v) is 13.5. The van der Waals surface area contributed by atoms with Crippen LogP contribution in [0.5, 0.6) is 0 Å². The van der Waals surface area contributed by atoms with Crippen LogP contribution in [-0.4, -0.2) is 43.2 Å². The van der Waals surface area contributed by atoms with Crippen LogP contribution >= 0.6 is 23.2 Å². The first kappa shape index (κ1) is 16.4. The highest BCUT2D eigenvalue weighted by Gasteiger charge is 2.30. The molecule has 1 amide bonds. The predicted octanol–water partition coefficient (Wildman–Crippen LogP) is 2.62. The number of halogens is 2. The highest BCUT2D eigenvalue weighted by atomic mass is 35.5. The summed E-state index contributed by atoms with van der Waals surface area (Å²) in [5.74, 6) is -0.152. The van der Waals surface area contributed by atoms with Crippen molar-refractivity contribution in [3.05, 3.63) is 22.2 Å². The highest BCUT2D eigenvalue weighted by molar-refractivity contribution is 6.40. The molecule has 1 aromatic rings. The van der Waals surface area contributed by atoms with Crippen LogP contribution in [0, 0.1) is 0 Å². The van der Waals surface area contributed by atoms with Crippen molar-refractivity contribution in [2.75, 3.05) is 31.2 Å². The summed E-state index contributed by atoms with van der Waals surface area (Å²) >= 11 is 12.2. The second kappa shape index (κ2) is 6.83. The fraction of sp³-hybridized carbons (Fsp3) is 0.500. The first-order valence-corrected chi connectivity index (χ1v) is 7.50. The van der Waals surface area contributed by atoms with E-state index in [9.17, 15) is 4.79 Å². The maximum atomic E-state index is 12.3. The number of hydrogen-bond donors (Lipinski definition) is 2. The molecule has 0 aromatic heterocycles. The fourth-order valence-corrected chi connectivity index (χ4v) is 3.00. The predicted molar refractivity (Wildman–Crippen MR) is 86.0 cm³/mol. The molecule has 1 aromatic carbocycles. The van der Waals surface area contributed by atoms with E-state index in [1.165, 1.54) is 0 Å². The summed E-state index contributed by atoms with van der Waals surface area (Å²) in [6, 6.07) is 2.84. The number of likely N-dealkylation sites (tertiary alicyclic amines) is 1. The number of carbonyl (C=O) groups excluding carboxylic acids is 1. The normalized spacial score (nSPS) is 20.5. The number of nitrogens with zero attached hydrogens (tertiary/aromatic N) is 1. The molecule has 2 atom stereocenters. The van der Waals surface area contributed by atoms with Crippen molar-refractivity contribution in [3.8, 4) is 0 Å². The van der Waals surface area contributed by atoms with Gasteiger partial charge in [0.15, 0.2) is 0 Å². The average Bonchev–Trinajstić information content (AvgIpc) is 2.90. The van der Waals surface area contributed by atoms with Crippen molar-refractivity contribution in [2.45, 2.75) is 25.5 Å². The van der Waals surface area contributed by atoms with Crippen LogP contribution < -0.4 is 11.1 Å². The van der Waals surface area contributed by atoms with Crippen molar-refractivity contribution >= 4 is 40.5 Å². The summed E-state index contributed by atoms with van der Waals surface area (Å²) in [6.45, 7) is 3.43. The average molecular weight is 332 g/mol. The monoisotopic (exact) mass is 331 g/mol. The zero-order valence-electron chi connectivity index (χ0n) is 12.0. The Kier molecular flexibility index (Phi) is 5.32. The smallest absolute Gasteiger partial charge is 0.241 e. The second-order valence-corrected chi connectivity index (χ2v) is 5.98. The Morgan fingerprint density at radius 3 is 2.62 bits per heavy atom. The Hall–Kier alpha value is -1.01. The molecule has 5 nitrogen and oxygen atoms in total. The Morgan fingerprint density at radius 1 is 1.48 bits per heavy atom. The van der Waals surface area contributed by atoms with E-state index in [-0.39, 0.29) is 18.1 Å². The summed E-state index contributed by atoms with van der Waals surface area (Å²) in [4.78, 5) is 14.4. The highest BCUT2D eigenvalue weighted by Crippen LogP contribution is 2.33. The number of rotatable bonds is 4. The molecule has 1 aliphatic rings. The lowest BCUT2D eigenvalue weighted by molar-refractivity contribution is -0.120. The zero-order chi connectivity index (χ0) is 15.6. The molecular formula is C14H19Cl2N3O2. The molecule has 1 saturated heterocycles. The molecule has 1 fully saturated rings. The molecule has 3 N–H and O–H groups in total. The molecule has 0 radical (unpaired) electrons. The second-order valence-electron chi connectivity index (χ2n) is 5.17. The Morgan fingerprint density at radius 2 is 2.10 bits per heavy atom. The summed E-state index contributed by atoms with van der Waals surface area (Å²) in [5.41, 5.74) is 6.50. The molecule has 116 valence electrons. The third-order valence-electron chi connectivity index (χ3n) is 3.75. The largest absolute Gasteiger partial charge is 0.399 e. The minimum Gasteiger partial charge on any atom is -0.399 e. The third kappa shape index (κ3) is 3.80. The number of nitrogens with one attached hydrogen (secondary N) is 1. The van der Waals surface area contributed by atoms with Gasteiger partial charge in [-0.15, -0.1) is 0 Å². The molecule has 0 aliphatic carbocycles. The van der Waals surface area contributed by atoms with Crippen LogP contribution in [0.3, 0.4) is 0 Å². The van der Waals surface area contributed by atoms with E-state index >= 15 is 0 Å². The third-order valence-corrected chi connectivity index (χ3v) is 4.35. The van der Waals surface area contributed by atoms with Crippen molar-refractivity contribution in [1.29, 1.82) is 0 Å². The van der Waals surface area contributed by atoms with Crippen molar-refractivity contribution < 1.29 is 9.53 Å². The van der Waals surface area contributed by atoms with Gasteiger partial charge in [-0.2, -0.15) is 0 Å². The lowest BCUT2D eigenvalue weighted by Gasteiger charge is -2.23. The molecule has 0 saturated carbocycles. The molecule has 1 aliphatic heterocycles. The summed E-state index contributed by atoms with van der Waals surface area (Å²) in [7, 11) is 1.69. The molecule has 7 heteroatoms. The van der Waals surface area contributed by atoms with Crippen molar-refractivity contribution in [1.82, 2.24) is 4.90 Å². The van der Waals surface area contributed by atoms with Crippen LogP contribution in [0.25, 0.3) is 0 Å². The van der Waals surface area contributed by atoms with Crippen molar-refractivity contribution in [3.63, 3.8) is 0 Å². The molecule has 0 spiro atoms. The lowest BCUT2D eigenvalue weighted by atomic mass is 10.2. The van der Waals surface area contributed by atoms with Gasteiger partial charge in [-0.05, 0) is 25.5 Å². The van der Waals surface area contributed by atoms with E-state index in [0.29, 0.717) is 21.4 Å². The van der Waals surface area contributed by atoms with Crippen LogP contribution in [0.2, 0.25) is 10.0 Å². The number of ether oxygens (including phenoxy) is 1. The van der Waals surface area contributed by atoms with E-state index in [1.807, 2.05) is 6.92 Å². The van der Waals surface area contributed by atoms with E-state index < -0.39 is 0 Å². The SMILES string of the molecule is COC1CCN(C(C)C(=O)Nc2c(Cl)cc(N)cc2Cl)C1. The van der Waals surface area contributed by atoms with Crippen LogP contribution in [0.15, 0.2) is 12.1 Å². The van der Waals surface area contributed by atoms with Gasteiger partial charge in [-0.3, -0.25) is 9.69 Å². The van der Waals surface area contributed by atoms with E-state index in [2.05, 4.69) is 10.2 Å². The van der Waals surface area contributed by atoms with Gasteiger partial charge in [0.1, 0.15) is 0 Å². The minimum absolute atomic E-state index is 0.152. The molecular weight excluding hydrogens is 313 g/mol. The van der Waals surface area contributed by atoms with Crippen LogP contribution in [0.4, 0.5) is 11.4 Å². The van der Waals surface area contributed by atoms with Gasteiger partial charge in [0, 0.05) is 25.9 Å². The van der Waals surface area contributed by atoms with Gasteiger partial charge in [0.05, 0.1) is 27.9 Å². The molecule has 2 unspecified atom stereocenters. The Bertz CT molecular complexity index is 516. The lowest BCUT2D eigenvalue weighted by Crippen LogP contribution is -2.41. The Labute approximate surface area is 134 Å². The van der Waals surface area contributed by atoms with E-state index in [0.717, 1.165) is 19.5 Å². The number of nitrogens with two attached hydrogens (primary N) is 1. The van der Waals surface area contributed by atoms with Gasteiger partial charge >= 0.3 is 0 Å². The summed E-state index contributed by atoms with van der Waals surface area (Å²) in [5, 5.41) is 3.43.